The topological polar surface area (TPSA) is 116 Å². The van der Waals surface area contributed by atoms with E-state index < -0.39 is 28.5 Å². The highest BCUT2D eigenvalue weighted by molar-refractivity contribution is 5.98. The van der Waals surface area contributed by atoms with Gasteiger partial charge in [-0.2, -0.15) is 0 Å². The molecule has 2 aromatic rings. The second-order valence-electron chi connectivity index (χ2n) is 4.36. The average Bonchev–Trinajstić information content (AvgIpc) is 2.50. The predicted molar refractivity (Wildman–Crippen MR) is 75.6 cm³/mol. The van der Waals surface area contributed by atoms with E-state index in [4.69, 9.17) is 0 Å². The minimum Gasteiger partial charge on any atom is -0.421 e. The molecule has 0 unspecified atom stereocenters. The molecule has 0 aliphatic rings. The molecule has 0 aliphatic heterocycles. The van der Waals surface area contributed by atoms with E-state index >= 15 is 0 Å². The molecule has 0 bridgehead atoms. The van der Waals surface area contributed by atoms with E-state index in [-0.39, 0.29) is 17.1 Å². The number of halogens is 1. The lowest BCUT2D eigenvalue weighted by molar-refractivity contribution is 0.0940. The molecule has 0 saturated carbocycles. The number of hydrogen-bond acceptors (Lipinski definition) is 5. The van der Waals surface area contributed by atoms with Crippen LogP contribution in [-0.4, -0.2) is 27.9 Å². The molecule has 9 heteroatoms. The average molecular weight is 308 g/mol. The standard InChI is InChI=1S/C13H13FN4O4/c1-15-10-9(12(20)18(22)13(21)17-10)11(19)16-6-7-3-2-4-8(14)5-7/h2-5,15,22H,6H2,1H3,(H,16,19)(H,17,21). The van der Waals surface area contributed by atoms with Gasteiger partial charge in [0, 0.05) is 13.6 Å². The molecule has 2 rings (SSSR count). The third kappa shape index (κ3) is 2.97. The highest BCUT2D eigenvalue weighted by atomic mass is 19.1. The van der Waals surface area contributed by atoms with Crippen molar-refractivity contribution in [3.8, 4) is 0 Å². The number of H-pyrrole nitrogens is 1. The van der Waals surface area contributed by atoms with Crippen molar-refractivity contribution in [1.29, 1.82) is 0 Å². The number of anilines is 1. The Hall–Kier alpha value is -3.10. The fourth-order valence-electron chi connectivity index (χ4n) is 1.84. The summed E-state index contributed by atoms with van der Waals surface area (Å²) in [6, 6.07) is 5.57. The van der Waals surface area contributed by atoms with Gasteiger partial charge in [0.1, 0.15) is 17.2 Å². The summed E-state index contributed by atoms with van der Waals surface area (Å²) < 4.78 is 12.8. The smallest absolute Gasteiger partial charge is 0.363 e. The van der Waals surface area contributed by atoms with E-state index in [9.17, 15) is 24.0 Å². The van der Waals surface area contributed by atoms with Crippen molar-refractivity contribution in [3.05, 3.63) is 62.0 Å². The fraction of sp³-hybridized carbons (Fsp3) is 0.154. The minimum atomic E-state index is -1.16. The predicted octanol–water partition coefficient (Wildman–Crippen LogP) is -0.115. The van der Waals surface area contributed by atoms with Crippen molar-refractivity contribution in [2.45, 2.75) is 6.54 Å². The van der Waals surface area contributed by atoms with Crippen molar-refractivity contribution in [3.63, 3.8) is 0 Å². The normalized spacial score (nSPS) is 10.3. The number of nitrogens with one attached hydrogen (secondary N) is 3. The maximum absolute atomic E-state index is 13.0. The molecule has 8 nitrogen and oxygen atoms in total. The van der Waals surface area contributed by atoms with Gasteiger partial charge in [-0.25, -0.2) is 9.18 Å². The van der Waals surface area contributed by atoms with Gasteiger partial charge in [-0.1, -0.05) is 16.9 Å². The van der Waals surface area contributed by atoms with Crippen LogP contribution in [-0.2, 0) is 6.54 Å². The third-order valence-corrected chi connectivity index (χ3v) is 2.90. The molecule has 1 aromatic carbocycles. The van der Waals surface area contributed by atoms with Crippen molar-refractivity contribution in [2.24, 2.45) is 0 Å². The Bertz CT molecular complexity index is 828. The molecule has 0 fully saturated rings. The lowest BCUT2D eigenvalue weighted by atomic mass is 10.2. The SMILES string of the molecule is CNc1[nH]c(=O)n(O)c(=O)c1C(=O)NCc1cccc(F)c1. The van der Waals surface area contributed by atoms with E-state index in [1.165, 1.54) is 25.2 Å². The van der Waals surface area contributed by atoms with Crippen molar-refractivity contribution < 1.29 is 14.4 Å². The first kappa shape index (κ1) is 15.3. The Morgan fingerprint density at radius 1 is 1.41 bits per heavy atom. The van der Waals surface area contributed by atoms with Gasteiger partial charge in [-0.15, -0.1) is 0 Å². The number of amides is 1. The Morgan fingerprint density at radius 2 is 2.14 bits per heavy atom. The van der Waals surface area contributed by atoms with E-state index in [2.05, 4.69) is 15.6 Å². The van der Waals surface area contributed by atoms with Gasteiger partial charge < -0.3 is 15.8 Å². The lowest BCUT2D eigenvalue weighted by Gasteiger charge is -2.09. The van der Waals surface area contributed by atoms with Crippen LogP contribution in [0.5, 0.6) is 0 Å². The molecular formula is C13H13FN4O4. The summed E-state index contributed by atoms with van der Waals surface area (Å²) in [4.78, 5) is 37.3. The fourth-order valence-corrected chi connectivity index (χ4v) is 1.84. The zero-order valence-electron chi connectivity index (χ0n) is 11.5. The molecule has 0 spiro atoms. The number of carbonyl (C=O) groups is 1. The maximum Gasteiger partial charge on any atom is 0.363 e. The van der Waals surface area contributed by atoms with Crippen LogP contribution in [0.4, 0.5) is 10.2 Å². The molecule has 0 radical (unpaired) electrons. The van der Waals surface area contributed by atoms with Gasteiger partial charge in [-0.05, 0) is 17.7 Å². The maximum atomic E-state index is 13.0. The van der Waals surface area contributed by atoms with Crippen LogP contribution in [0.1, 0.15) is 15.9 Å². The zero-order chi connectivity index (χ0) is 16.3. The number of hydrogen-bond donors (Lipinski definition) is 4. The first-order valence-electron chi connectivity index (χ1n) is 6.23. The molecule has 4 N–H and O–H groups in total. The second kappa shape index (κ2) is 6.12. The highest BCUT2D eigenvalue weighted by Gasteiger charge is 2.19. The molecule has 1 aromatic heterocycles. The van der Waals surface area contributed by atoms with Crippen molar-refractivity contribution in [2.75, 3.05) is 12.4 Å². The van der Waals surface area contributed by atoms with Crippen molar-refractivity contribution in [1.82, 2.24) is 15.0 Å². The first-order valence-corrected chi connectivity index (χ1v) is 6.23. The first-order chi connectivity index (χ1) is 10.4. The summed E-state index contributed by atoms with van der Waals surface area (Å²) in [6.07, 6.45) is 0. The van der Waals surface area contributed by atoms with E-state index in [0.717, 1.165) is 0 Å². The number of nitrogens with zero attached hydrogens (tertiary/aromatic N) is 1. The Morgan fingerprint density at radius 3 is 2.77 bits per heavy atom. The lowest BCUT2D eigenvalue weighted by Crippen LogP contribution is -2.40. The number of rotatable bonds is 4. The molecule has 0 saturated heterocycles. The van der Waals surface area contributed by atoms with Gasteiger partial charge in [-0.3, -0.25) is 14.6 Å². The summed E-state index contributed by atoms with van der Waals surface area (Å²) >= 11 is 0. The monoisotopic (exact) mass is 308 g/mol. The third-order valence-electron chi connectivity index (χ3n) is 2.90. The molecule has 22 heavy (non-hydrogen) atoms. The highest BCUT2D eigenvalue weighted by Crippen LogP contribution is 2.06. The molecule has 0 atom stereocenters. The molecule has 0 aliphatic carbocycles. The van der Waals surface area contributed by atoms with Crippen LogP contribution in [0.2, 0.25) is 0 Å². The van der Waals surface area contributed by atoms with Crippen LogP contribution in [0, 0.1) is 5.82 Å². The van der Waals surface area contributed by atoms with Gasteiger partial charge in [0.25, 0.3) is 5.91 Å². The van der Waals surface area contributed by atoms with Crippen LogP contribution < -0.4 is 21.9 Å². The van der Waals surface area contributed by atoms with Crippen LogP contribution in [0.25, 0.3) is 0 Å². The summed E-state index contributed by atoms with van der Waals surface area (Å²) in [6.45, 7) is -0.0241. The zero-order valence-corrected chi connectivity index (χ0v) is 11.5. The van der Waals surface area contributed by atoms with Crippen LogP contribution in [0.3, 0.4) is 0 Å². The van der Waals surface area contributed by atoms with Gasteiger partial charge in [0.05, 0.1) is 0 Å². The van der Waals surface area contributed by atoms with Gasteiger partial charge in [0.15, 0.2) is 0 Å². The number of aromatic amines is 1. The number of carbonyl (C=O) groups excluding carboxylic acids is 1. The second-order valence-corrected chi connectivity index (χ2v) is 4.36. The summed E-state index contributed by atoms with van der Waals surface area (Å²) in [5.41, 5.74) is -2.20. The quantitative estimate of drug-likeness (QED) is 0.588. The Kier molecular flexibility index (Phi) is 4.25. The van der Waals surface area contributed by atoms with Gasteiger partial charge in [0.2, 0.25) is 0 Å². The van der Waals surface area contributed by atoms with E-state index in [1.54, 1.807) is 6.07 Å². The Labute approximate surface area is 123 Å². The van der Waals surface area contributed by atoms with Crippen LogP contribution in [0.15, 0.2) is 33.9 Å². The molecule has 1 amide bonds. The molecule has 1 heterocycles. The summed E-state index contributed by atoms with van der Waals surface area (Å²) in [7, 11) is 1.40. The van der Waals surface area contributed by atoms with Crippen molar-refractivity contribution >= 4 is 11.7 Å². The van der Waals surface area contributed by atoms with Crippen LogP contribution >= 0.6 is 0 Å². The summed E-state index contributed by atoms with van der Waals surface area (Å²) in [5.74, 6) is -1.40. The number of aromatic nitrogens is 2. The van der Waals surface area contributed by atoms with Gasteiger partial charge >= 0.3 is 11.2 Å². The molecule has 116 valence electrons. The minimum absolute atomic E-state index is 0.0241. The van der Waals surface area contributed by atoms with E-state index in [0.29, 0.717) is 5.56 Å². The largest absolute Gasteiger partial charge is 0.421 e. The summed E-state index contributed by atoms with van der Waals surface area (Å²) in [5, 5.41) is 14.2. The number of benzene rings is 1. The van der Waals surface area contributed by atoms with E-state index in [1.807, 2.05) is 0 Å². The Balaban J connectivity index is 2.28. The molecular weight excluding hydrogens is 295 g/mol.